The molecular formula is C11H14Cl2O2. The van der Waals surface area contributed by atoms with E-state index < -0.39 is 0 Å². The van der Waals surface area contributed by atoms with E-state index in [4.69, 9.17) is 27.9 Å². The molecule has 1 aromatic carbocycles. The fraction of sp³-hybridized carbons (Fsp3) is 0.273. The van der Waals surface area contributed by atoms with Gasteiger partial charge in [-0.3, -0.25) is 0 Å². The van der Waals surface area contributed by atoms with Crippen molar-refractivity contribution in [3.8, 4) is 11.5 Å². The molecule has 0 saturated carbocycles. The van der Waals surface area contributed by atoms with Gasteiger partial charge in [0.25, 0.3) is 0 Å². The summed E-state index contributed by atoms with van der Waals surface area (Å²) >= 11 is 9.53. The van der Waals surface area contributed by atoms with Gasteiger partial charge in [-0.15, -0.1) is 29.8 Å². The van der Waals surface area contributed by atoms with Crippen molar-refractivity contribution in [2.24, 2.45) is 0 Å². The van der Waals surface area contributed by atoms with Gasteiger partial charge in [-0.1, -0.05) is 12.1 Å². The molecule has 0 atom stereocenters. The molecule has 84 valence electrons. The molecule has 15 heavy (non-hydrogen) atoms. The number of alkyl halides is 2. The zero-order chi connectivity index (χ0) is 11.7. The highest BCUT2D eigenvalue weighted by Crippen LogP contribution is 2.26. The van der Waals surface area contributed by atoms with Crippen LogP contribution in [0.2, 0.25) is 0 Å². The van der Waals surface area contributed by atoms with E-state index in [1.807, 2.05) is 12.1 Å². The van der Waals surface area contributed by atoms with E-state index in [-0.39, 0.29) is 11.1 Å². The zero-order valence-corrected chi connectivity index (χ0v) is 10.1. The normalized spacial score (nSPS) is 8.73. The van der Waals surface area contributed by atoms with Gasteiger partial charge in [0.05, 0.1) is 12.4 Å². The minimum Gasteiger partial charge on any atom is -0.504 e. The molecule has 0 radical (unpaired) electrons. The molecule has 0 aromatic heterocycles. The first-order chi connectivity index (χ1) is 7.19. The van der Waals surface area contributed by atoms with Gasteiger partial charge in [-0.2, -0.15) is 0 Å². The Kier molecular flexibility index (Phi) is 7.96. The van der Waals surface area contributed by atoms with Crippen molar-refractivity contribution in [2.45, 2.75) is 6.42 Å². The lowest BCUT2D eigenvalue weighted by Gasteiger charge is -2.04. The molecule has 0 aliphatic rings. The van der Waals surface area contributed by atoms with E-state index >= 15 is 0 Å². The van der Waals surface area contributed by atoms with Crippen LogP contribution in [-0.4, -0.2) is 17.6 Å². The number of methoxy groups -OCH3 is 1. The standard InChI is InChI=1S/C10H12O2.CH2Cl2/c1-3-4-8-5-6-9(11)10(7-8)12-2;2-1-3/h3,5-7,11H,1,4H2,2H3;1H2. The van der Waals surface area contributed by atoms with Crippen molar-refractivity contribution in [3.63, 3.8) is 0 Å². The van der Waals surface area contributed by atoms with Crippen LogP contribution in [0.5, 0.6) is 11.5 Å². The number of allylic oxidation sites excluding steroid dienone is 1. The number of halogens is 2. The van der Waals surface area contributed by atoms with Crippen LogP contribution in [0, 0.1) is 0 Å². The first kappa shape index (κ1) is 14.1. The number of phenolic OH excluding ortho intramolecular Hbond substituents is 1. The smallest absolute Gasteiger partial charge is 0.160 e. The lowest BCUT2D eigenvalue weighted by Crippen LogP contribution is -1.86. The first-order valence-corrected chi connectivity index (χ1v) is 5.35. The second-order valence-electron chi connectivity index (χ2n) is 2.60. The molecule has 0 bridgehead atoms. The molecule has 1 N–H and O–H groups in total. The van der Waals surface area contributed by atoms with E-state index in [1.165, 1.54) is 7.11 Å². The summed E-state index contributed by atoms with van der Waals surface area (Å²) in [6, 6.07) is 5.27. The molecule has 0 fully saturated rings. The Morgan fingerprint density at radius 1 is 1.47 bits per heavy atom. The molecule has 0 heterocycles. The molecule has 0 saturated heterocycles. The van der Waals surface area contributed by atoms with Crippen LogP contribution < -0.4 is 4.74 Å². The third kappa shape index (κ3) is 5.55. The maximum absolute atomic E-state index is 9.25. The molecule has 0 spiro atoms. The van der Waals surface area contributed by atoms with Crippen LogP contribution in [0.3, 0.4) is 0 Å². The maximum atomic E-state index is 9.25. The van der Waals surface area contributed by atoms with Crippen LogP contribution in [0.25, 0.3) is 0 Å². The lowest BCUT2D eigenvalue weighted by atomic mass is 10.1. The van der Waals surface area contributed by atoms with Gasteiger partial charge < -0.3 is 9.84 Å². The van der Waals surface area contributed by atoms with Crippen molar-refractivity contribution in [3.05, 3.63) is 36.4 Å². The Morgan fingerprint density at radius 3 is 2.53 bits per heavy atom. The summed E-state index contributed by atoms with van der Waals surface area (Å²) < 4.78 is 4.95. The highest BCUT2D eigenvalue weighted by atomic mass is 35.5. The quantitative estimate of drug-likeness (QED) is 0.655. The van der Waals surface area contributed by atoms with Crippen molar-refractivity contribution >= 4 is 23.2 Å². The Balaban J connectivity index is 0.000000583. The predicted molar refractivity (Wildman–Crippen MR) is 65.1 cm³/mol. The minimum absolute atomic E-state index is 0.172. The maximum Gasteiger partial charge on any atom is 0.160 e. The van der Waals surface area contributed by atoms with Crippen molar-refractivity contribution in [1.29, 1.82) is 0 Å². The van der Waals surface area contributed by atoms with Gasteiger partial charge in [0.15, 0.2) is 11.5 Å². The van der Waals surface area contributed by atoms with Crippen LogP contribution in [0.4, 0.5) is 0 Å². The molecule has 4 heteroatoms. The zero-order valence-electron chi connectivity index (χ0n) is 8.54. The summed E-state index contributed by atoms with van der Waals surface area (Å²) in [5.74, 6) is 0.680. The summed E-state index contributed by atoms with van der Waals surface area (Å²) in [4.78, 5) is 0. The average molecular weight is 249 g/mol. The number of benzene rings is 1. The number of rotatable bonds is 3. The minimum atomic E-state index is 0.172. The van der Waals surface area contributed by atoms with Crippen LogP contribution in [0.1, 0.15) is 5.56 Å². The summed E-state index contributed by atoms with van der Waals surface area (Å²) in [6.45, 7) is 3.63. The summed E-state index contributed by atoms with van der Waals surface area (Å²) in [7, 11) is 1.53. The highest BCUT2D eigenvalue weighted by Gasteiger charge is 2.00. The molecule has 1 aromatic rings. The topological polar surface area (TPSA) is 29.5 Å². The monoisotopic (exact) mass is 248 g/mol. The van der Waals surface area contributed by atoms with Crippen LogP contribution >= 0.6 is 23.2 Å². The van der Waals surface area contributed by atoms with Gasteiger partial charge in [-0.05, 0) is 24.1 Å². The van der Waals surface area contributed by atoms with E-state index in [0.29, 0.717) is 5.75 Å². The number of hydrogen-bond acceptors (Lipinski definition) is 2. The number of ether oxygens (including phenoxy) is 1. The number of aromatic hydroxyl groups is 1. The molecule has 1 rings (SSSR count). The van der Waals surface area contributed by atoms with E-state index in [1.54, 1.807) is 12.1 Å². The lowest BCUT2D eigenvalue weighted by molar-refractivity contribution is 0.373. The fourth-order valence-electron chi connectivity index (χ4n) is 1.02. The number of hydrogen-bond donors (Lipinski definition) is 1. The second-order valence-corrected chi connectivity index (χ2v) is 3.41. The predicted octanol–water partition coefficient (Wildman–Crippen LogP) is 3.55. The Labute approximate surface area is 100 Å². The molecule has 0 unspecified atom stereocenters. The van der Waals surface area contributed by atoms with Crippen LogP contribution in [-0.2, 0) is 6.42 Å². The van der Waals surface area contributed by atoms with Gasteiger partial charge in [0, 0.05) is 0 Å². The van der Waals surface area contributed by atoms with Gasteiger partial charge >= 0.3 is 0 Å². The summed E-state index contributed by atoms with van der Waals surface area (Å²) in [5, 5.41) is 9.45. The third-order valence-electron chi connectivity index (χ3n) is 1.62. The Bertz CT molecular complexity index is 301. The van der Waals surface area contributed by atoms with Gasteiger partial charge in [0.2, 0.25) is 0 Å². The largest absolute Gasteiger partial charge is 0.504 e. The van der Waals surface area contributed by atoms with Crippen molar-refractivity contribution < 1.29 is 9.84 Å². The van der Waals surface area contributed by atoms with Crippen LogP contribution in [0.15, 0.2) is 30.9 Å². The van der Waals surface area contributed by atoms with E-state index in [0.717, 1.165) is 12.0 Å². The van der Waals surface area contributed by atoms with Crippen molar-refractivity contribution in [1.82, 2.24) is 0 Å². The molecule has 0 aliphatic carbocycles. The van der Waals surface area contributed by atoms with Gasteiger partial charge in [0.1, 0.15) is 0 Å². The van der Waals surface area contributed by atoms with Crippen molar-refractivity contribution in [2.75, 3.05) is 12.4 Å². The SMILES string of the molecule is C=CCc1ccc(O)c(OC)c1.ClCCl. The van der Waals surface area contributed by atoms with E-state index in [9.17, 15) is 5.11 Å². The third-order valence-corrected chi connectivity index (χ3v) is 1.62. The molecule has 2 nitrogen and oxygen atoms in total. The molecule has 0 amide bonds. The number of phenols is 1. The fourth-order valence-corrected chi connectivity index (χ4v) is 1.02. The molecular weight excluding hydrogens is 235 g/mol. The Morgan fingerprint density at radius 2 is 2.07 bits per heavy atom. The molecule has 0 aliphatic heterocycles. The highest BCUT2D eigenvalue weighted by molar-refractivity contribution is 6.40. The second kappa shape index (κ2) is 8.45. The Hall–Kier alpha value is -0.860. The summed E-state index contributed by atoms with van der Waals surface area (Å²) in [6.07, 6.45) is 2.60. The first-order valence-electron chi connectivity index (χ1n) is 4.28. The summed E-state index contributed by atoms with van der Waals surface area (Å²) in [5.41, 5.74) is 1.08. The van der Waals surface area contributed by atoms with E-state index in [2.05, 4.69) is 6.58 Å². The average Bonchev–Trinajstić information content (AvgIpc) is 2.22. The van der Waals surface area contributed by atoms with Gasteiger partial charge in [-0.25, -0.2) is 0 Å².